The summed E-state index contributed by atoms with van der Waals surface area (Å²) < 4.78 is 5.50. The lowest BCUT2D eigenvalue weighted by Crippen LogP contribution is -2.16. The Morgan fingerprint density at radius 3 is 2.33 bits per heavy atom. The van der Waals surface area contributed by atoms with Gasteiger partial charge in [0, 0.05) is 5.30 Å². The minimum atomic E-state index is -0.323. The number of benzene rings is 2. The first-order valence-electron chi connectivity index (χ1n) is 6.02. The second-order valence-electron chi connectivity index (χ2n) is 3.95. The van der Waals surface area contributed by atoms with Gasteiger partial charge in [0.05, 0.1) is 7.11 Å². The predicted octanol–water partition coefficient (Wildman–Crippen LogP) is 3.00. The summed E-state index contributed by atoms with van der Waals surface area (Å²) in [5.41, 5.74) is 0. The van der Waals surface area contributed by atoms with Crippen LogP contribution < -0.4 is 15.3 Å². The largest absolute Gasteiger partial charge is 0.496 e. The van der Waals surface area contributed by atoms with E-state index in [4.69, 9.17) is 4.74 Å². The van der Waals surface area contributed by atoms with Crippen LogP contribution in [0.1, 0.15) is 0 Å². The van der Waals surface area contributed by atoms with Crippen LogP contribution in [0, 0.1) is 0 Å². The third-order valence-electron chi connectivity index (χ3n) is 2.80. The Kier molecular flexibility index (Phi) is 5.17. The van der Waals surface area contributed by atoms with E-state index in [1.807, 2.05) is 6.07 Å². The maximum Gasteiger partial charge on any atom is 0.126 e. The van der Waals surface area contributed by atoms with E-state index < -0.39 is 0 Å². The fourth-order valence-corrected chi connectivity index (χ4v) is 5.02. The molecule has 0 spiro atoms. The molecule has 0 radical (unpaired) electrons. The Bertz CT molecular complexity index is 485. The molecule has 0 heterocycles. The molecule has 94 valence electrons. The predicted molar refractivity (Wildman–Crippen MR) is 85.1 cm³/mol. The number of para-hydroxylation sites is 1. The summed E-state index contributed by atoms with van der Waals surface area (Å²) in [4.78, 5) is 0. The van der Waals surface area contributed by atoms with E-state index in [2.05, 4.69) is 57.8 Å². The maximum atomic E-state index is 5.50. The van der Waals surface area contributed by atoms with Crippen LogP contribution in [0.3, 0.4) is 0 Å². The first-order valence-corrected chi connectivity index (χ1v) is 8.37. The van der Waals surface area contributed by atoms with Crippen molar-refractivity contribution in [1.29, 1.82) is 0 Å². The molecule has 2 atom stereocenters. The van der Waals surface area contributed by atoms with E-state index in [0.29, 0.717) is 0 Å². The molecule has 1 nitrogen and oxygen atoms in total. The van der Waals surface area contributed by atoms with Crippen LogP contribution >= 0.6 is 17.2 Å². The summed E-state index contributed by atoms with van der Waals surface area (Å²) >= 11 is 0. The third-order valence-corrected chi connectivity index (χ3v) is 6.15. The molecule has 1 unspecified atom stereocenters. The molecule has 0 aromatic heterocycles. The zero-order valence-corrected chi connectivity index (χ0v) is 12.6. The molecule has 2 aromatic rings. The number of hydrogen-bond donors (Lipinski definition) is 0. The van der Waals surface area contributed by atoms with Crippen LogP contribution in [0.15, 0.2) is 54.6 Å². The first kappa shape index (κ1) is 13.5. The molecule has 2 aromatic carbocycles. The SMILES string of the molecule is COc1ccccc1[P@](CCP)c1ccccc1. The van der Waals surface area contributed by atoms with Crippen molar-refractivity contribution < 1.29 is 4.74 Å². The Morgan fingerprint density at radius 2 is 1.67 bits per heavy atom. The van der Waals surface area contributed by atoms with Crippen LogP contribution in [0.25, 0.3) is 0 Å². The molecule has 0 aliphatic rings. The fraction of sp³-hybridized carbons (Fsp3) is 0.200. The number of ether oxygens (including phenoxy) is 1. The van der Waals surface area contributed by atoms with Gasteiger partial charge in [0.25, 0.3) is 0 Å². The van der Waals surface area contributed by atoms with Crippen molar-refractivity contribution in [3.63, 3.8) is 0 Å². The second-order valence-corrected chi connectivity index (χ2v) is 6.83. The van der Waals surface area contributed by atoms with Crippen LogP contribution in [0.5, 0.6) is 5.75 Å². The molecule has 0 N–H and O–H groups in total. The minimum Gasteiger partial charge on any atom is -0.496 e. The van der Waals surface area contributed by atoms with Gasteiger partial charge in [-0.1, -0.05) is 48.5 Å². The molecule has 0 amide bonds. The summed E-state index contributed by atoms with van der Waals surface area (Å²) in [5.74, 6) is 1.01. The van der Waals surface area contributed by atoms with E-state index in [9.17, 15) is 0 Å². The van der Waals surface area contributed by atoms with Crippen molar-refractivity contribution in [1.82, 2.24) is 0 Å². The summed E-state index contributed by atoms with van der Waals surface area (Å²) in [5, 5.41) is 2.75. The van der Waals surface area contributed by atoms with Gasteiger partial charge in [-0.25, -0.2) is 0 Å². The van der Waals surface area contributed by atoms with Gasteiger partial charge in [-0.3, -0.25) is 0 Å². The molecule has 18 heavy (non-hydrogen) atoms. The topological polar surface area (TPSA) is 9.23 Å². The normalized spacial score (nSPS) is 12.1. The lowest BCUT2D eigenvalue weighted by atomic mass is 10.3. The summed E-state index contributed by atoms with van der Waals surface area (Å²) in [7, 11) is 4.26. The van der Waals surface area contributed by atoms with E-state index in [1.54, 1.807) is 7.11 Å². The van der Waals surface area contributed by atoms with Gasteiger partial charge in [-0.2, -0.15) is 0 Å². The quantitative estimate of drug-likeness (QED) is 0.763. The molecule has 0 bridgehead atoms. The molecule has 0 fully saturated rings. The molecule has 0 saturated carbocycles. The summed E-state index contributed by atoms with van der Waals surface area (Å²) in [6.07, 6.45) is 2.28. The van der Waals surface area contributed by atoms with Gasteiger partial charge in [-0.05, 0) is 31.6 Å². The summed E-state index contributed by atoms with van der Waals surface area (Å²) in [6, 6.07) is 19.1. The van der Waals surface area contributed by atoms with Gasteiger partial charge in [0.2, 0.25) is 0 Å². The second kappa shape index (κ2) is 6.88. The Hall–Kier alpha value is -0.900. The lowest BCUT2D eigenvalue weighted by molar-refractivity contribution is 0.418. The van der Waals surface area contributed by atoms with Crippen LogP contribution in [0.2, 0.25) is 0 Å². The maximum absolute atomic E-state index is 5.50. The highest BCUT2D eigenvalue weighted by atomic mass is 31.1. The number of hydrogen-bond acceptors (Lipinski definition) is 1. The average Bonchev–Trinajstić information content (AvgIpc) is 2.46. The smallest absolute Gasteiger partial charge is 0.126 e. The monoisotopic (exact) mass is 276 g/mol. The average molecular weight is 276 g/mol. The van der Waals surface area contributed by atoms with Gasteiger partial charge in [-0.15, -0.1) is 9.24 Å². The fourth-order valence-electron chi connectivity index (χ4n) is 1.98. The van der Waals surface area contributed by atoms with E-state index >= 15 is 0 Å². The van der Waals surface area contributed by atoms with Gasteiger partial charge in [0.1, 0.15) is 5.75 Å². The molecule has 3 heteroatoms. The van der Waals surface area contributed by atoms with Crippen molar-refractivity contribution >= 4 is 27.8 Å². The third kappa shape index (κ3) is 3.10. The number of methoxy groups -OCH3 is 1. The van der Waals surface area contributed by atoms with Crippen LogP contribution in [-0.4, -0.2) is 19.4 Å². The lowest BCUT2D eigenvalue weighted by Gasteiger charge is -2.20. The minimum absolute atomic E-state index is 0.323. The molecule has 0 aliphatic carbocycles. The van der Waals surface area contributed by atoms with Crippen LogP contribution in [-0.2, 0) is 0 Å². The zero-order valence-electron chi connectivity index (χ0n) is 10.5. The Labute approximate surface area is 113 Å². The Morgan fingerprint density at radius 1 is 1.00 bits per heavy atom. The van der Waals surface area contributed by atoms with Crippen molar-refractivity contribution in [2.75, 3.05) is 19.4 Å². The first-order chi connectivity index (χ1) is 8.86. The van der Waals surface area contributed by atoms with Crippen molar-refractivity contribution in [2.24, 2.45) is 0 Å². The molecular weight excluding hydrogens is 258 g/mol. The standard InChI is InChI=1S/C15H18OP2/c1-16-14-9-5-6-10-15(14)18(12-11-17)13-7-3-2-4-8-13/h2-10H,11-12,17H2,1H3/t18-/m1/s1. The van der Waals surface area contributed by atoms with Crippen molar-refractivity contribution in [3.05, 3.63) is 54.6 Å². The highest BCUT2D eigenvalue weighted by molar-refractivity contribution is 7.73. The van der Waals surface area contributed by atoms with Gasteiger partial charge >= 0.3 is 0 Å². The Balaban J connectivity index is 2.41. The van der Waals surface area contributed by atoms with E-state index in [0.717, 1.165) is 11.9 Å². The summed E-state index contributed by atoms with van der Waals surface area (Å²) in [6.45, 7) is 0. The highest BCUT2D eigenvalue weighted by Crippen LogP contribution is 2.37. The van der Waals surface area contributed by atoms with E-state index in [1.165, 1.54) is 16.8 Å². The van der Waals surface area contributed by atoms with Crippen LogP contribution in [0.4, 0.5) is 0 Å². The van der Waals surface area contributed by atoms with Crippen molar-refractivity contribution in [3.8, 4) is 5.75 Å². The molecular formula is C15H18OP2. The zero-order chi connectivity index (χ0) is 12.8. The van der Waals surface area contributed by atoms with E-state index in [-0.39, 0.29) is 7.92 Å². The number of rotatable bonds is 5. The molecule has 2 rings (SSSR count). The molecule has 0 aliphatic heterocycles. The van der Waals surface area contributed by atoms with Crippen molar-refractivity contribution in [2.45, 2.75) is 0 Å². The van der Waals surface area contributed by atoms with Gasteiger partial charge in [0.15, 0.2) is 0 Å². The highest BCUT2D eigenvalue weighted by Gasteiger charge is 2.16. The van der Waals surface area contributed by atoms with Gasteiger partial charge < -0.3 is 4.74 Å². The molecule has 0 saturated heterocycles.